The number of anilines is 2. The summed E-state index contributed by atoms with van der Waals surface area (Å²) in [5, 5.41) is 5.45. The fourth-order valence-electron chi connectivity index (χ4n) is 3.11. The van der Waals surface area contributed by atoms with E-state index >= 15 is 0 Å². The predicted octanol–water partition coefficient (Wildman–Crippen LogP) is 2.59. The molecule has 0 aromatic heterocycles. The minimum Gasteiger partial charge on any atom is -0.497 e. The molecule has 1 aliphatic rings. The van der Waals surface area contributed by atoms with Gasteiger partial charge < -0.3 is 20.3 Å². The number of hydrogen-bond donors (Lipinski definition) is 2. The molecule has 6 heteroatoms. The van der Waals surface area contributed by atoms with Gasteiger partial charge in [0.1, 0.15) is 5.75 Å². The van der Waals surface area contributed by atoms with Crippen LogP contribution in [0, 0.1) is 0 Å². The summed E-state index contributed by atoms with van der Waals surface area (Å²) in [6.45, 7) is 2.13. The number of amides is 2. The zero-order valence-corrected chi connectivity index (χ0v) is 15.5. The van der Waals surface area contributed by atoms with Crippen molar-refractivity contribution in [2.75, 3.05) is 37.0 Å². The number of hydrogen-bond acceptors (Lipinski definition) is 4. The lowest BCUT2D eigenvalue weighted by atomic mass is 10.1. The zero-order valence-electron chi connectivity index (χ0n) is 15.5. The van der Waals surface area contributed by atoms with Gasteiger partial charge in [-0.2, -0.15) is 0 Å². The van der Waals surface area contributed by atoms with Crippen LogP contribution in [0.4, 0.5) is 11.4 Å². The quantitative estimate of drug-likeness (QED) is 0.789. The molecule has 2 N–H and O–H groups in total. The first kappa shape index (κ1) is 18.8. The summed E-state index contributed by atoms with van der Waals surface area (Å²) < 4.78 is 5.09. The maximum absolute atomic E-state index is 12.0. The van der Waals surface area contributed by atoms with Crippen LogP contribution in [0.1, 0.15) is 18.4 Å². The molecule has 6 nitrogen and oxygen atoms in total. The Morgan fingerprint density at radius 2 is 1.63 bits per heavy atom. The van der Waals surface area contributed by atoms with E-state index in [0.717, 1.165) is 30.1 Å². The highest BCUT2D eigenvalue weighted by molar-refractivity contribution is 5.94. The standard InChI is InChI=1S/C21H25N3O3/c1-27-19-10-4-16(5-11-19)14-20(25)22-15-21(26)23-17-6-8-18(9-7-17)24-12-2-3-13-24/h4-11H,2-3,12-15H2,1H3,(H,22,25)(H,23,26). The van der Waals surface area contributed by atoms with Crippen LogP contribution in [0.25, 0.3) is 0 Å². The van der Waals surface area contributed by atoms with E-state index in [1.54, 1.807) is 19.2 Å². The summed E-state index contributed by atoms with van der Waals surface area (Å²) in [6.07, 6.45) is 2.69. The highest BCUT2D eigenvalue weighted by Crippen LogP contribution is 2.21. The Morgan fingerprint density at radius 3 is 2.26 bits per heavy atom. The molecule has 1 heterocycles. The number of carbonyl (C=O) groups excluding carboxylic acids is 2. The first-order chi connectivity index (χ1) is 13.1. The van der Waals surface area contributed by atoms with E-state index in [0.29, 0.717) is 0 Å². The van der Waals surface area contributed by atoms with Crippen molar-refractivity contribution in [3.05, 3.63) is 54.1 Å². The lowest BCUT2D eigenvalue weighted by Crippen LogP contribution is -2.33. The van der Waals surface area contributed by atoms with E-state index in [1.807, 2.05) is 36.4 Å². The number of nitrogens with zero attached hydrogens (tertiary/aromatic N) is 1. The van der Waals surface area contributed by atoms with Crippen LogP contribution < -0.4 is 20.3 Å². The number of rotatable bonds is 7. The van der Waals surface area contributed by atoms with Crippen molar-refractivity contribution in [2.45, 2.75) is 19.3 Å². The Morgan fingerprint density at radius 1 is 0.963 bits per heavy atom. The second-order valence-electron chi connectivity index (χ2n) is 6.59. The van der Waals surface area contributed by atoms with Gasteiger partial charge in [0.05, 0.1) is 20.1 Å². The summed E-state index contributed by atoms with van der Waals surface area (Å²) >= 11 is 0. The Hall–Kier alpha value is -3.02. The van der Waals surface area contributed by atoms with Gasteiger partial charge in [-0.3, -0.25) is 9.59 Å². The smallest absolute Gasteiger partial charge is 0.243 e. The van der Waals surface area contributed by atoms with Crippen molar-refractivity contribution in [2.24, 2.45) is 0 Å². The first-order valence-corrected chi connectivity index (χ1v) is 9.18. The lowest BCUT2D eigenvalue weighted by Gasteiger charge is -2.17. The van der Waals surface area contributed by atoms with Gasteiger partial charge in [-0.1, -0.05) is 12.1 Å². The molecule has 1 saturated heterocycles. The molecule has 3 rings (SSSR count). The van der Waals surface area contributed by atoms with E-state index in [1.165, 1.54) is 18.5 Å². The van der Waals surface area contributed by atoms with Gasteiger partial charge >= 0.3 is 0 Å². The molecule has 0 spiro atoms. The molecule has 0 unspecified atom stereocenters. The average molecular weight is 367 g/mol. The minimum atomic E-state index is -0.244. The monoisotopic (exact) mass is 367 g/mol. The van der Waals surface area contributed by atoms with Crippen molar-refractivity contribution in [1.82, 2.24) is 5.32 Å². The van der Waals surface area contributed by atoms with Crippen LogP contribution in [-0.2, 0) is 16.0 Å². The van der Waals surface area contributed by atoms with Crippen molar-refractivity contribution in [3.63, 3.8) is 0 Å². The molecule has 2 aromatic carbocycles. The van der Waals surface area contributed by atoms with Gasteiger partial charge in [-0.05, 0) is 54.8 Å². The van der Waals surface area contributed by atoms with Gasteiger partial charge in [-0.25, -0.2) is 0 Å². The Labute approximate surface area is 159 Å². The molecule has 2 amide bonds. The van der Waals surface area contributed by atoms with Crippen molar-refractivity contribution < 1.29 is 14.3 Å². The molecular formula is C21H25N3O3. The van der Waals surface area contributed by atoms with Crippen molar-refractivity contribution in [1.29, 1.82) is 0 Å². The van der Waals surface area contributed by atoms with E-state index in [9.17, 15) is 9.59 Å². The van der Waals surface area contributed by atoms with E-state index in [-0.39, 0.29) is 24.8 Å². The highest BCUT2D eigenvalue weighted by atomic mass is 16.5. The number of benzene rings is 2. The van der Waals surface area contributed by atoms with Crippen molar-refractivity contribution >= 4 is 23.2 Å². The van der Waals surface area contributed by atoms with Crippen LogP contribution in [0.15, 0.2) is 48.5 Å². The van der Waals surface area contributed by atoms with E-state index in [4.69, 9.17) is 4.74 Å². The number of methoxy groups -OCH3 is 1. The number of nitrogens with one attached hydrogen (secondary N) is 2. The zero-order chi connectivity index (χ0) is 19.1. The third-order valence-corrected chi connectivity index (χ3v) is 4.59. The predicted molar refractivity (Wildman–Crippen MR) is 106 cm³/mol. The molecule has 27 heavy (non-hydrogen) atoms. The summed E-state index contributed by atoms with van der Waals surface area (Å²) in [4.78, 5) is 26.4. The number of carbonyl (C=O) groups is 2. The summed E-state index contributed by atoms with van der Waals surface area (Å²) in [5.74, 6) is 0.306. The molecule has 0 radical (unpaired) electrons. The van der Waals surface area contributed by atoms with E-state index in [2.05, 4.69) is 15.5 Å². The normalized spacial score (nSPS) is 13.3. The average Bonchev–Trinajstić information content (AvgIpc) is 3.22. The Balaban J connectivity index is 1.42. The summed E-state index contributed by atoms with van der Waals surface area (Å²) in [6, 6.07) is 15.1. The largest absolute Gasteiger partial charge is 0.497 e. The second-order valence-corrected chi connectivity index (χ2v) is 6.59. The summed E-state index contributed by atoms with van der Waals surface area (Å²) in [7, 11) is 1.60. The third-order valence-electron chi connectivity index (χ3n) is 4.59. The van der Waals surface area contributed by atoms with Gasteiger partial charge in [0.15, 0.2) is 0 Å². The van der Waals surface area contributed by atoms with Crippen LogP contribution in [0.3, 0.4) is 0 Å². The number of ether oxygens (including phenoxy) is 1. The molecule has 0 saturated carbocycles. The highest BCUT2D eigenvalue weighted by Gasteiger charge is 2.12. The fourth-order valence-corrected chi connectivity index (χ4v) is 3.11. The molecule has 1 fully saturated rings. The molecule has 0 aliphatic carbocycles. The molecule has 2 aromatic rings. The third kappa shape index (κ3) is 5.48. The van der Waals surface area contributed by atoms with Crippen molar-refractivity contribution in [3.8, 4) is 5.75 Å². The molecule has 0 atom stereocenters. The van der Waals surface area contributed by atoms with Gasteiger partial charge in [0.2, 0.25) is 11.8 Å². The molecule has 142 valence electrons. The maximum Gasteiger partial charge on any atom is 0.243 e. The van der Waals surface area contributed by atoms with Gasteiger partial charge in [0, 0.05) is 24.5 Å². The fraction of sp³-hybridized carbons (Fsp3) is 0.333. The molecule has 0 bridgehead atoms. The lowest BCUT2D eigenvalue weighted by molar-refractivity contribution is -0.123. The van der Waals surface area contributed by atoms with Gasteiger partial charge in [0.25, 0.3) is 0 Å². The second kappa shape index (κ2) is 9.07. The topological polar surface area (TPSA) is 70.7 Å². The van der Waals surface area contributed by atoms with Crippen LogP contribution in [-0.4, -0.2) is 38.6 Å². The van der Waals surface area contributed by atoms with Crippen LogP contribution in [0.2, 0.25) is 0 Å². The minimum absolute atomic E-state index is 0.0527. The van der Waals surface area contributed by atoms with Crippen LogP contribution in [0.5, 0.6) is 5.75 Å². The van der Waals surface area contributed by atoms with Gasteiger partial charge in [-0.15, -0.1) is 0 Å². The molecular weight excluding hydrogens is 342 g/mol. The summed E-state index contributed by atoms with van der Waals surface area (Å²) in [5.41, 5.74) is 2.77. The molecule has 1 aliphatic heterocycles. The SMILES string of the molecule is COc1ccc(CC(=O)NCC(=O)Nc2ccc(N3CCCC3)cc2)cc1. The Bertz CT molecular complexity index is 766. The van der Waals surface area contributed by atoms with Crippen LogP contribution >= 0.6 is 0 Å². The van der Waals surface area contributed by atoms with E-state index < -0.39 is 0 Å². The maximum atomic E-state index is 12.0. The first-order valence-electron chi connectivity index (χ1n) is 9.18. The Kier molecular flexibility index (Phi) is 6.30.